The zero-order valence-electron chi connectivity index (χ0n) is 14.2. The van der Waals surface area contributed by atoms with Crippen LogP contribution in [0.3, 0.4) is 0 Å². The van der Waals surface area contributed by atoms with Crippen LogP contribution in [0.15, 0.2) is 42.0 Å². The van der Waals surface area contributed by atoms with Gasteiger partial charge in [0.05, 0.1) is 18.7 Å². The molecule has 2 N–H and O–H groups in total. The summed E-state index contributed by atoms with van der Waals surface area (Å²) in [4.78, 5) is 12.4. The first-order valence-corrected chi connectivity index (χ1v) is 8.08. The molecule has 2 aromatic rings. The van der Waals surface area contributed by atoms with Crippen molar-refractivity contribution in [3.63, 3.8) is 0 Å². The first-order valence-electron chi connectivity index (χ1n) is 7.71. The van der Waals surface area contributed by atoms with Gasteiger partial charge in [0.2, 0.25) is 0 Å². The molecule has 0 bridgehead atoms. The molecule has 0 heterocycles. The number of halogens is 1. The smallest absolute Gasteiger partial charge is 0.266 e. The number of benzene rings is 2. The summed E-state index contributed by atoms with van der Waals surface area (Å²) in [5.74, 6) is -0.0124. The van der Waals surface area contributed by atoms with Crippen molar-refractivity contribution in [2.24, 2.45) is 0 Å². The van der Waals surface area contributed by atoms with Gasteiger partial charge in [-0.25, -0.2) is 0 Å². The van der Waals surface area contributed by atoms with Crippen LogP contribution >= 0.6 is 11.6 Å². The zero-order valence-corrected chi connectivity index (χ0v) is 15.0. The van der Waals surface area contributed by atoms with Crippen LogP contribution in [0.5, 0.6) is 17.2 Å². The maximum atomic E-state index is 12.4. The fourth-order valence-corrected chi connectivity index (χ4v) is 2.38. The molecule has 1 amide bonds. The molecule has 0 aliphatic rings. The summed E-state index contributed by atoms with van der Waals surface area (Å²) < 4.78 is 10.4. The molecular formula is C19H17ClN2O4. The number of carbonyl (C=O) groups is 1. The van der Waals surface area contributed by atoms with E-state index in [-0.39, 0.29) is 22.1 Å². The minimum atomic E-state index is -0.581. The summed E-state index contributed by atoms with van der Waals surface area (Å²) in [6.07, 6.45) is 1.36. The lowest BCUT2D eigenvalue weighted by Gasteiger charge is -2.09. The minimum absolute atomic E-state index is 0.0627. The highest BCUT2D eigenvalue weighted by atomic mass is 35.5. The molecule has 26 heavy (non-hydrogen) atoms. The fraction of sp³-hybridized carbons (Fsp3) is 0.158. The van der Waals surface area contributed by atoms with E-state index in [0.29, 0.717) is 23.6 Å². The zero-order chi connectivity index (χ0) is 19.1. The third-order valence-corrected chi connectivity index (χ3v) is 3.64. The van der Waals surface area contributed by atoms with Gasteiger partial charge in [-0.05, 0) is 42.8 Å². The van der Waals surface area contributed by atoms with Crippen molar-refractivity contribution in [1.82, 2.24) is 0 Å². The van der Waals surface area contributed by atoms with Gasteiger partial charge in [0.25, 0.3) is 5.91 Å². The Morgan fingerprint density at radius 3 is 2.81 bits per heavy atom. The molecule has 0 saturated heterocycles. The average molecular weight is 373 g/mol. The lowest BCUT2D eigenvalue weighted by atomic mass is 10.1. The highest BCUT2D eigenvalue weighted by Gasteiger charge is 2.13. The molecule has 0 aromatic heterocycles. The van der Waals surface area contributed by atoms with Gasteiger partial charge in [0, 0.05) is 11.8 Å². The van der Waals surface area contributed by atoms with Crippen LogP contribution in [0.1, 0.15) is 12.5 Å². The molecule has 0 unspecified atom stereocenters. The standard InChI is InChI=1S/C19H17ClN2O4/c1-3-26-17-9-12(8-16(20)18(17)23)7-13(11-21)19(24)22-14-5-4-6-15(10-14)25-2/h4-10,23H,3H2,1-2H3,(H,22,24)/b13-7-. The van der Waals surface area contributed by atoms with Crippen molar-refractivity contribution in [3.05, 3.63) is 52.6 Å². The number of phenolic OH excluding ortho intramolecular Hbond substituents is 1. The van der Waals surface area contributed by atoms with E-state index in [2.05, 4.69) is 5.32 Å². The van der Waals surface area contributed by atoms with Gasteiger partial charge in [-0.1, -0.05) is 17.7 Å². The third kappa shape index (κ3) is 4.68. The van der Waals surface area contributed by atoms with Gasteiger partial charge in [0.15, 0.2) is 11.5 Å². The molecule has 0 aliphatic carbocycles. The Hall–Kier alpha value is -3.17. The average Bonchev–Trinajstić information content (AvgIpc) is 2.63. The van der Waals surface area contributed by atoms with Gasteiger partial charge < -0.3 is 19.9 Å². The largest absolute Gasteiger partial charge is 0.503 e. The molecule has 0 aliphatic heterocycles. The normalized spacial score (nSPS) is 10.8. The summed E-state index contributed by atoms with van der Waals surface area (Å²) >= 11 is 5.97. The Morgan fingerprint density at radius 1 is 1.38 bits per heavy atom. The number of hydrogen-bond acceptors (Lipinski definition) is 5. The summed E-state index contributed by atoms with van der Waals surface area (Å²) in [5.41, 5.74) is 0.819. The van der Waals surface area contributed by atoms with Gasteiger partial charge in [0.1, 0.15) is 17.4 Å². The van der Waals surface area contributed by atoms with Crippen molar-refractivity contribution in [2.75, 3.05) is 19.0 Å². The molecule has 2 aromatic carbocycles. The van der Waals surface area contributed by atoms with E-state index in [4.69, 9.17) is 21.1 Å². The quantitative estimate of drug-likeness (QED) is 0.590. The first-order chi connectivity index (χ1) is 12.5. The van der Waals surface area contributed by atoms with Crippen LogP contribution in [0.2, 0.25) is 5.02 Å². The van der Waals surface area contributed by atoms with E-state index >= 15 is 0 Å². The minimum Gasteiger partial charge on any atom is -0.503 e. The molecule has 6 nitrogen and oxygen atoms in total. The molecule has 0 fully saturated rings. The molecule has 134 valence electrons. The number of ether oxygens (including phenoxy) is 2. The SMILES string of the molecule is CCOc1cc(/C=C(/C#N)C(=O)Nc2cccc(OC)c2)cc(Cl)c1O. The molecule has 0 saturated carbocycles. The number of hydrogen-bond donors (Lipinski definition) is 2. The van der Waals surface area contributed by atoms with Gasteiger partial charge in [-0.15, -0.1) is 0 Å². The van der Waals surface area contributed by atoms with Gasteiger partial charge in [-0.2, -0.15) is 5.26 Å². The predicted octanol–water partition coefficient (Wildman–Crippen LogP) is 4.00. The van der Waals surface area contributed by atoms with Crippen molar-refractivity contribution >= 4 is 29.3 Å². The van der Waals surface area contributed by atoms with Crippen LogP contribution in [-0.4, -0.2) is 24.7 Å². The Bertz CT molecular complexity index is 888. The molecule has 7 heteroatoms. The van der Waals surface area contributed by atoms with Crippen LogP contribution < -0.4 is 14.8 Å². The van der Waals surface area contributed by atoms with E-state index in [9.17, 15) is 15.2 Å². The van der Waals surface area contributed by atoms with E-state index in [1.165, 1.54) is 25.3 Å². The summed E-state index contributed by atoms with van der Waals surface area (Å²) in [6.45, 7) is 2.09. The van der Waals surface area contributed by atoms with E-state index in [0.717, 1.165) is 0 Å². The number of nitrogens with zero attached hydrogens (tertiary/aromatic N) is 1. The highest BCUT2D eigenvalue weighted by Crippen LogP contribution is 2.35. The number of carbonyl (C=O) groups excluding carboxylic acids is 1. The number of phenols is 1. The maximum Gasteiger partial charge on any atom is 0.266 e. The monoisotopic (exact) mass is 372 g/mol. The second kappa shape index (κ2) is 8.79. The van der Waals surface area contributed by atoms with Crippen molar-refractivity contribution in [3.8, 4) is 23.3 Å². The highest BCUT2D eigenvalue weighted by molar-refractivity contribution is 6.32. The third-order valence-electron chi connectivity index (χ3n) is 3.35. The van der Waals surface area contributed by atoms with Gasteiger partial charge >= 0.3 is 0 Å². The van der Waals surface area contributed by atoms with E-state index in [1.54, 1.807) is 31.2 Å². The van der Waals surface area contributed by atoms with Crippen molar-refractivity contribution in [2.45, 2.75) is 6.92 Å². The molecular weight excluding hydrogens is 356 g/mol. The molecule has 0 atom stereocenters. The topological polar surface area (TPSA) is 91.6 Å². The van der Waals surface area contributed by atoms with E-state index < -0.39 is 5.91 Å². The maximum absolute atomic E-state index is 12.4. The predicted molar refractivity (Wildman–Crippen MR) is 99.5 cm³/mol. The number of amides is 1. The number of nitrogens with one attached hydrogen (secondary N) is 1. The summed E-state index contributed by atoms with van der Waals surface area (Å²) in [5, 5.41) is 21.9. The van der Waals surface area contributed by atoms with Crippen molar-refractivity contribution in [1.29, 1.82) is 5.26 Å². The number of anilines is 1. The number of aromatic hydroxyl groups is 1. The second-order valence-corrected chi connectivity index (χ2v) is 5.55. The summed E-state index contributed by atoms with van der Waals surface area (Å²) in [6, 6.07) is 11.6. The Labute approximate surface area is 156 Å². The number of rotatable bonds is 6. The molecule has 0 spiro atoms. The second-order valence-electron chi connectivity index (χ2n) is 5.14. The summed E-state index contributed by atoms with van der Waals surface area (Å²) in [7, 11) is 1.52. The Balaban J connectivity index is 2.29. The fourth-order valence-electron chi connectivity index (χ4n) is 2.16. The van der Waals surface area contributed by atoms with Crippen LogP contribution in [0.4, 0.5) is 5.69 Å². The van der Waals surface area contributed by atoms with Crippen molar-refractivity contribution < 1.29 is 19.4 Å². The van der Waals surface area contributed by atoms with Crippen LogP contribution in [0.25, 0.3) is 6.08 Å². The van der Waals surface area contributed by atoms with Crippen LogP contribution in [-0.2, 0) is 4.79 Å². The van der Waals surface area contributed by atoms with Crippen LogP contribution in [0, 0.1) is 11.3 Å². The number of nitriles is 1. The lowest BCUT2D eigenvalue weighted by Crippen LogP contribution is -2.13. The molecule has 0 radical (unpaired) electrons. The molecule has 2 rings (SSSR count). The Morgan fingerprint density at radius 2 is 2.15 bits per heavy atom. The van der Waals surface area contributed by atoms with Gasteiger partial charge in [-0.3, -0.25) is 4.79 Å². The lowest BCUT2D eigenvalue weighted by molar-refractivity contribution is -0.112. The Kier molecular flexibility index (Phi) is 6.48. The van der Waals surface area contributed by atoms with E-state index in [1.807, 2.05) is 6.07 Å². The number of methoxy groups -OCH3 is 1. The first kappa shape index (κ1) is 19.2.